The standard InChI is InChI=1S/C15H8Cl2N2OS/c16-14-5-9(15(17)21-14)12-6-13(20-19-12)10-7-18-11-4-2-1-3-8(10)11/h1-7,18H. The summed E-state index contributed by atoms with van der Waals surface area (Å²) < 4.78 is 6.71. The summed E-state index contributed by atoms with van der Waals surface area (Å²) in [6.07, 6.45) is 1.91. The monoisotopic (exact) mass is 334 g/mol. The Morgan fingerprint density at radius 2 is 1.95 bits per heavy atom. The Morgan fingerprint density at radius 3 is 2.76 bits per heavy atom. The van der Waals surface area contributed by atoms with Crippen LogP contribution in [0.5, 0.6) is 0 Å². The van der Waals surface area contributed by atoms with Gasteiger partial charge in [0, 0.05) is 34.3 Å². The quantitative estimate of drug-likeness (QED) is 0.499. The Labute approximate surface area is 134 Å². The maximum absolute atomic E-state index is 6.16. The van der Waals surface area contributed by atoms with Gasteiger partial charge >= 0.3 is 0 Å². The van der Waals surface area contributed by atoms with E-state index in [0.29, 0.717) is 20.1 Å². The first-order valence-corrected chi connectivity index (χ1v) is 7.78. The van der Waals surface area contributed by atoms with Crippen LogP contribution in [-0.4, -0.2) is 10.1 Å². The molecule has 1 aromatic carbocycles. The summed E-state index contributed by atoms with van der Waals surface area (Å²) in [4.78, 5) is 3.22. The Morgan fingerprint density at radius 1 is 1.10 bits per heavy atom. The Balaban J connectivity index is 1.83. The van der Waals surface area contributed by atoms with Crippen LogP contribution in [-0.2, 0) is 0 Å². The number of rotatable bonds is 2. The van der Waals surface area contributed by atoms with E-state index in [4.69, 9.17) is 27.7 Å². The fourth-order valence-electron chi connectivity index (χ4n) is 2.32. The van der Waals surface area contributed by atoms with Crippen molar-refractivity contribution in [2.75, 3.05) is 0 Å². The molecular formula is C15H8Cl2N2OS. The zero-order chi connectivity index (χ0) is 14.4. The lowest BCUT2D eigenvalue weighted by Gasteiger charge is -1.91. The highest BCUT2D eigenvalue weighted by Crippen LogP contribution is 2.39. The van der Waals surface area contributed by atoms with Crippen molar-refractivity contribution in [2.24, 2.45) is 0 Å². The van der Waals surface area contributed by atoms with Crippen LogP contribution in [0.2, 0.25) is 8.67 Å². The van der Waals surface area contributed by atoms with E-state index < -0.39 is 0 Å². The summed E-state index contributed by atoms with van der Waals surface area (Å²) in [5, 5.41) is 5.19. The van der Waals surface area contributed by atoms with E-state index in [-0.39, 0.29) is 0 Å². The van der Waals surface area contributed by atoms with Gasteiger partial charge in [-0.1, -0.05) is 46.6 Å². The van der Waals surface area contributed by atoms with E-state index in [1.807, 2.05) is 36.5 Å². The van der Waals surface area contributed by atoms with Crippen molar-refractivity contribution in [3.05, 3.63) is 51.3 Å². The third-order valence-corrected chi connectivity index (χ3v) is 4.79. The summed E-state index contributed by atoms with van der Waals surface area (Å²) in [6, 6.07) is 11.7. The second-order valence-corrected chi connectivity index (χ2v) is 6.85. The highest BCUT2D eigenvalue weighted by molar-refractivity contribution is 7.20. The molecule has 104 valence electrons. The van der Waals surface area contributed by atoms with Gasteiger partial charge in [0.15, 0.2) is 5.76 Å². The van der Waals surface area contributed by atoms with Gasteiger partial charge in [0.1, 0.15) is 10.0 Å². The molecule has 21 heavy (non-hydrogen) atoms. The van der Waals surface area contributed by atoms with Crippen LogP contribution >= 0.6 is 34.5 Å². The van der Waals surface area contributed by atoms with Gasteiger partial charge in [-0.3, -0.25) is 0 Å². The van der Waals surface area contributed by atoms with Crippen LogP contribution in [0.4, 0.5) is 0 Å². The van der Waals surface area contributed by atoms with Gasteiger partial charge in [-0.25, -0.2) is 0 Å². The molecule has 4 rings (SSSR count). The summed E-state index contributed by atoms with van der Waals surface area (Å²) in [6.45, 7) is 0. The van der Waals surface area contributed by atoms with Crippen LogP contribution in [0, 0.1) is 0 Å². The molecule has 0 amide bonds. The van der Waals surface area contributed by atoms with E-state index >= 15 is 0 Å². The third kappa shape index (κ3) is 2.16. The Bertz CT molecular complexity index is 938. The van der Waals surface area contributed by atoms with Gasteiger partial charge in [-0.05, 0) is 12.1 Å². The molecule has 0 aliphatic rings. The van der Waals surface area contributed by atoms with Crippen LogP contribution < -0.4 is 0 Å². The molecule has 0 spiro atoms. The maximum atomic E-state index is 6.16. The molecular weight excluding hydrogens is 327 g/mol. The van der Waals surface area contributed by atoms with Gasteiger partial charge in [-0.2, -0.15) is 0 Å². The molecule has 0 aliphatic carbocycles. The Kier molecular flexibility index (Phi) is 3.03. The topological polar surface area (TPSA) is 41.8 Å². The lowest BCUT2D eigenvalue weighted by atomic mass is 10.1. The van der Waals surface area contributed by atoms with Crippen LogP contribution in [0.1, 0.15) is 0 Å². The van der Waals surface area contributed by atoms with Crippen LogP contribution in [0.25, 0.3) is 33.5 Å². The summed E-state index contributed by atoms with van der Waals surface area (Å²) in [7, 11) is 0. The minimum absolute atomic E-state index is 0.610. The molecule has 6 heteroatoms. The Hall–Kier alpha value is -1.75. The molecule has 0 atom stereocenters. The van der Waals surface area contributed by atoms with Crippen molar-refractivity contribution in [1.29, 1.82) is 0 Å². The number of halogens is 2. The number of para-hydroxylation sites is 1. The summed E-state index contributed by atoms with van der Waals surface area (Å²) >= 11 is 13.4. The summed E-state index contributed by atoms with van der Waals surface area (Å²) in [5.74, 6) is 0.695. The molecule has 0 unspecified atom stereocenters. The minimum atomic E-state index is 0.610. The first-order valence-electron chi connectivity index (χ1n) is 6.21. The van der Waals surface area contributed by atoms with E-state index in [1.54, 1.807) is 6.07 Å². The maximum Gasteiger partial charge on any atom is 0.169 e. The molecule has 0 bridgehead atoms. The number of benzene rings is 1. The average Bonchev–Trinajstić information content (AvgIpc) is 3.16. The molecule has 4 aromatic rings. The molecule has 0 saturated heterocycles. The second kappa shape index (κ2) is 4.91. The number of hydrogen-bond acceptors (Lipinski definition) is 3. The van der Waals surface area contributed by atoms with Gasteiger partial charge in [-0.15, -0.1) is 11.3 Å². The number of H-pyrrole nitrogens is 1. The van der Waals surface area contributed by atoms with Crippen LogP contribution in [0.15, 0.2) is 47.1 Å². The van der Waals surface area contributed by atoms with E-state index in [2.05, 4.69) is 10.1 Å². The smallest absolute Gasteiger partial charge is 0.169 e. The average molecular weight is 335 g/mol. The van der Waals surface area contributed by atoms with Gasteiger partial charge in [0.25, 0.3) is 0 Å². The first-order chi connectivity index (χ1) is 10.2. The minimum Gasteiger partial charge on any atom is -0.360 e. The number of aromatic amines is 1. The van der Waals surface area contributed by atoms with Gasteiger partial charge in [0.2, 0.25) is 0 Å². The molecule has 0 aliphatic heterocycles. The normalized spacial score (nSPS) is 11.3. The second-order valence-electron chi connectivity index (χ2n) is 4.56. The SMILES string of the molecule is Clc1cc(-c2cc(-c3c[nH]c4ccccc34)on2)c(Cl)s1. The van der Waals surface area contributed by atoms with Gasteiger partial charge in [0.05, 0.1) is 4.34 Å². The lowest BCUT2D eigenvalue weighted by molar-refractivity contribution is 0.435. The molecule has 3 heterocycles. The zero-order valence-electron chi connectivity index (χ0n) is 10.6. The lowest BCUT2D eigenvalue weighted by Crippen LogP contribution is -1.71. The number of hydrogen-bond donors (Lipinski definition) is 1. The molecule has 0 fully saturated rings. The van der Waals surface area contributed by atoms with Crippen molar-refractivity contribution in [3.63, 3.8) is 0 Å². The molecule has 3 nitrogen and oxygen atoms in total. The van der Waals surface area contributed by atoms with E-state index in [9.17, 15) is 0 Å². The molecule has 0 saturated carbocycles. The van der Waals surface area contributed by atoms with Crippen molar-refractivity contribution in [1.82, 2.24) is 10.1 Å². The zero-order valence-corrected chi connectivity index (χ0v) is 12.9. The fourth-order valence-corrected chi connectivity index (χ4v) is 3.80. The van der Waals surface area contributed by atoms with E-state index in [0.717, 1.165) is 22.0 Å². The number of nitrogens with zero attached hydrogens (tertiary/aromatic N) is 1. The van der Waals surface area contributed by atoms with Crippen molar-refractivity contribution in [3.8, 4) is 22.6 Å². The number of aromatic nitrogens is 2. The largest absolute Gasteiger partial charge is 0.360 e. The van der Waals surface area contributed by atoms with Gasteiger partial charge < -0.3 is 9.51 Å². The van der Waals surface area contributed by atoms with E-state index in [1.165, 1.54) is 11.3 Å². The number of fused-ring (bicyclic) bond motifs is 1. The highest BCUT2D eigenvalue weighted by Gasteiger charge is 2.16. The fraction of sp³-hybridized carbons (Fsp3) is 0. The van der Waals surface area contributed by atoms with Crippen LogP contribution in [0.3, 0.4) is 0 Å². The predicted octanol–water partition coefficient (Wildman–Crippen LogP) is 5.86. The predicted molar refractivity (Wildman–Crippen MR) is 87.1 cm³/mol. The van der Waals surface area contributed by atoms with Crippen molar-refractivity contribution in [2.45, 2.75) is 0 Å². The molecule has 0 radical (unpaired) electrons. The molecule has 1 N–H and O–H groups in total. The number of thiophene rings is 1. The summed E-state index contributed by atoms with van der Waals surface area (Å²) in [5.41, 5.74) is 3.51. The highest BCUT2D eigenvalue weighted by atomic mass is 35.5. The van der Waals surface area contributed by atoms with Crippen molar-refractivity contribution >= 4 is 45.4 Å². The molecule has 3 aromatic heterocycles. The number of nitrogens with one attached hydrogen (secondary N) is 1. The van der Waals surface area contributed by atoms with Crippen molar-refractivity contribution < 1.29 is 4.52 Å². The first kappa shape index (κ1) is 13.0. The third-order valence-electron chi connectivity index (χ3n) is 3.30.